The lowest BCUT2D eigenvalue weighted by Crippen LogP contribution is -2.36. The van der Waals surface area contributed by atoms with E-state index in [1.165, 1.54) is 0 Å². The Labute approximate surface area is 178 Å². The highest BCUT2D eigenvalue weighted by Crippen LogP contribution is 2.08. The molecule has 0 aliphatic rings. The number of rotatable bonds is 7. The molecule has 0 unspecified atom stereocenters. The molecule has 0 saturated carbocycles. The number of aromatic nitrogens is 2. The van der Waals surface area contributed by atoms with Crippen molar-refractivity contribution in [1.82, 2.24) is 25.3 Å². The Morgan fingerprint density at radius 1 is 1.11 bits per heavy atom. The Morgan fingerprint density at radius 3 is 2.26 bits per heavy atom. The van der Waals surface area contributed by atoms with Gasteiger partial charge in [-0.1, -0.05) is 12.1 Å². The minimum Gasteiger partial charge on any atom is -0.352 e. The summed E-state index contributed by atoms with van der Waals surface area (Å²) in [7, 11) is 3.65. The predicted molar refractivity (Wildman–Crippen MR) is 119 cm³/mol. The van der Waals surface area contributed by atoms with E-state index in [1.54, 1.807) is 13.2 Å². The highest BCUT2D eigenvalue weighted by molar-refractivity contribution is 14.0. The number of hydrogen-bond donors (Lipinski definition) is 2. The highest BCUT2D eigenvalue weighted by atomic mass is 127. The van der Waals surface area contributed by atoms with E-state index in [1.807, 2.05) is 60.8 Å². The Bertz CT molecular complexity index is 737. The molecule has 0 saturated heterocycles. The van der Waals surface area contributed by atoms with Crippen molar-refractivity contribution in [3.63, 3.8) is 0 Å². The van der Waals surface area contributed by atoms with Crippen LogP contribution in [0.1, 0.15) is 35.5 Å². The first-order valence-corrected chi connectivity index (χ1v) is 8.88. The molecule has 7 nitrogen and oxygen atoms in total. The van der Waals surface area contributed by atoms with Gasteiger partial charge in [-0.05, 0) is 37.6 Å². The molecule has 1 heterocycles. The molecule has 2 rings (SSSR count). The third-order valence-electron chi connectivity index (χ3n) is 4.29. The largest absolute Gasteiger partial charge is 0.352 e. The van der Waals surface area contributed by atoms with Gasteiger partial charge in [-0.25, -0.2) is 0 Å². The fourth-order valence-corrected chi connectivity index (χ4v) is 2.61. The number of aliphatic imine (C=N–C) groups is 1. The second kappa shape index (κ2) is 11.6. The molecule has 0 aliphatic heterocycles. The first kappa shape index (κ1) is 22.9. The lowest BCUT2D eigenvalue weighted by atomic mass is 10.1. The van der Waals surface area contributed by atoms with Gasteiger partial charge >= 0.3 is 0 Å². The highest BCUT2D eigenvalue weighted by Gasteiger charge is 2.11. The van der Waals surface area contributed by atoms with E-state index in [9.17, 15) is 4.79 Å². The third kappa shape index (κ3) is 6.53. The molecule has 0 bridgehead atoms. The lowest BCUT2D eigenvalue weighted by molar-refractivity contribution is 0.0773. The lowest BCUT2D eigenvalue weighted by Gasteiger charge is -2.18. The van der Waals surface area contributed by atoms with Crippen molar-refractivity contribution in [2.24, 2.45) is 12.0 Å². The summed E-state index contributed by atoms with van der Waals surface area (Å²) < 4.78 is 1.83. The minimum absolute atomic E-state index is 0. The number of carbonyl (C=O) groups is 1. The number of halogens is 1. The molecule has 0 aliphatic carbocycles. The molecule has 0 radical (unpaired) electrons. The van der Waals surface area contributed by atoms with Gasteiger partial charge in [0.15, 0.2) is 5.96 Å². The van der Waals surface area contributed by atoms with Crippen LogP contribution in [0.5, 0.6) is 0 Å². The van der Waals surface area contributed by atoms with Gasteiger partial charge in [-0.2, -0.15) is 5.10 Å². The monoisotopic (exact) mass is 484 g/mol. The molecule has 27 heavy (non-hydrogen) atoms. The van der Waals surface area contributed by atoms with Crippen LogP contribution in [0.3, 0.4) is 0 Å². The van der Waals surface area contributed by atoms with E-state index in [0.29, 0.717) is 13.1 Å². The second-order valence-corrected chi connectivity index (χ2v) is 5.90. The van der Waals surface area contributed by atoms with Crippen molar-refractivity contribution in [2.75, 3.05) is 20.1 Å². The first-order chi connectivity index (χ1) is 12.6. The summed E-state index contributed by atoms with van der Waals surface area (Å²) in [5, 5.41) is 10.7. The van der Waals surface area contributed by atoms with Crippen molar-refractivity contribution in [2.45, 2.75) is 26.9 Å². The van der Waals surface area contributed by atoms with E-state index in [0.717, 1.165) is 35.9 Å². The van der Waals surface area contributed by atoms with Crippen LogP contribution in [0, 0.1) is 0 Å². The number of guanidine groups is 1. The first-order valence-electron chi connectivity index (χ1n) is 8.88. The zero-order valence-electron chi connectivity index (χ0n) is 16.4. The number of nitrogens with one attached hydrogen (secondary N) is 2. The Kier molecular flexibility index (Phi) is 9.84. The molecule has 2 N–H and O–H groups in total. The summed E-state index contributed by atoms with van der Waals surface area (Å²) in [6.45, 7) is 6.69. The van der Waals surface area contributed by atoms with Gasteiger partial charge in [0.1, 0.15) is 0 Å². The van der Waals surface area contributed by atoms with E-state index in [2.05, 4.69) is 20.7 Å². The summed E-state index contributed by atoms with van der Waals surface area (Å²) in [6, 6.07) is 9.66. The quantitative estimate of drug-likeness (QED) is 0.360. The molecule has 0 spiro atoms. The van der Waals surface area contributed by atoms with Crippen molar-refractivity contribution in [1.29, 1.82) is 0 Å². The third-order valence-corrected chi connectivity index (χ3v) is 4.29. The summed E-state index contributed by atoms with van der Waals surface area (Å²) in [5.74, 6) is 0.789. The number of aryl methyl sites for hydroxylation is 1. The average Bonchev–Trinajstić information content (AvgIpc) is 3.08. The number of hydrogen-bond acceptors (Lipinski definition) is 3. The predicted octanol–water partition coefficient (Wildman–Crippen LogP) is 2.39. The number of amides is 1. The molecule has 1 amide bonds. The number of benzene rings is 1. The molecule has 8 heteroatoms. The molecule has 0 atom stereocenters. The normalized spacial score (nSPS) is 10.9. The Balaban J connectivity index is 0.00000364. The van der Waals surface area contributed by atoms with Crippen LogP contribution in [0.2, 0.25) is 0 Å². The fraction of sp³-hybridized carbons (Fsp3) is 0.421. The topological polar surface area (TPSA) is 74.6 Å². The van der Waals surface area contributed by atoms with E-state index in [4.69, 9.17) is 0 Å². The summed E-state index contributed by atoms with van der Waals surface area (Å²) in [6.07, 6.45) is 1.77. The Morgan fingerprint density at radius 2 is 1.74 bits per heavy atom. The van der Waals surface area contributed by atoms with Crippen LogP contribution in [0.25, 0.3) is 0 Å². The molecular weight excluding hydrogens is 455 g/mol. The van der Waals surface area contributed by atoms with E-state index < -0.39 is 0 Å². The van der Waals surface area contributed by atoms with Crippen LogP contribution in [0.15, 0.2) is 41.5 Å². The molecule has 148 valence electrons. The number of carbonyl (C=O) groups excluding carboxylic acids is 1. The SMILES string of the molecule is CCN(CC)C(=O)c1ccc(CNC(=NC)NCc2ccnn2C)cc1.I. The summed E-state index contributed by atoms with van der Waals surface area (Å²) in [5.41, 5.74) is 2.88. The molecule has 0 fully saturated rings. The minimum atomic E-state index is 0. The van der Waals surface area contributed by atoms with Gasteiger partial charge in [0, 0.05) is 45.5 Å². The van der Waals surface area contributed by atoms with Crippen LogP contribution in [-0.2, 0) is 20.1 Å². The molecular formula is C19H29IN6O. The standard InChI is InChI=1S/C19H28N6O.HI/c1-5-25(6-2)18(26)16-9-7-15(8-10-16)13-21-19(20-3)22-14-17-11-12-23-24(17)4;/h7-12H,5-6,13-14H2,1-4H3,(H2,20,21,22);1H. The number of nitrogens with zero attached hydrogens (tertiary/aromatic N) is 4. The van der Waals surface area contributed by atoms with Crippen molar-refractivity contribution in [3.05, 3.63) is 53.3 Å². The van der Waals surface area contributed by atoms with E-state index >= 15 is 0 Å². The van der Waals surface area contributed by atoms with Gasteiger partial charge in [-0.15, -0.1) is 24.0 Å². The van der Waals surface area contributed by atoms with Crippen molar-refractivity contribution in [3.8, 4) is 0 Å². The van der Waals surface area contributed by atoms with Crippen LogP contribution < -0.4 is 10.6 Å². The van der Waals surface area contributed by atoms with Crippen molar-refractivity contribution < 1.29 is 4.79 Å². The van der Waals surface area contributed by atoms with Crippen LogP contribution >= 0.6 is 24.0 Å². The van der Waals surface area contributed by atoms with E-state index in [-0.39, 0.29) is 29.9 Å². The van der Waals surface area contributed by atoms with Gasteiger partial charge in [0.05, 0.1) is 12.2 Å². The Hall–Kier alpha value is -2.10. The zero-order chi connectivity index (χ0) is 18.9. The maximum absolute atomic E-state index is 12.3. The van der Waals surface area contributed by atoms with Crippen LogP contribution in [-0.4, -0.2) is 46.7 Å². The molecule has 2 aromatic rings. The summed E-state index contributed by atoms with van der Waals surface area (Å²) in [4.78, 5) is 18.4. The molecule has 1 aromatic carbocycles. The maximum atomic E-state index is 12.3. The second-order valence-electron chi connectivity index (χ2n) is 5.90. The zero-order valence-corrected chi connectivity index (χ0v) is 18.7. The van der Waals surface area contributed by atoms with Gasteiger partial charge < -0.3 is 15.5 Å². The summed E-state index contributed by atoms with van der Waals surface area (Å²) >= 11 is 0. The smallest absolute Gasteiger partial charge is 0.253 e. The van der Waals surface area contributed by atoms with Gasteiger partial charge in [0.2, 0.25) is 0 Å². The van der Waals surface area contributed by atoms with Gasteiger partial charge in [-0.3, -0.25) is 14.5 Å². The van der Waals surface area contributed by atoms with Crippen LogP contribution in [0.4, 0.5) is 0 Å². The fourth-order valence-electron chi connectivity index (χ4n) is 2.61. The van der Waals surface area contributed by atoms with Gasteiger partial charge in [0.25, 0.3) is 5.91 Å². The van der Waals surface area contributed by atoms with Crippen molar-refractivity contribution >= 4 is 35.8 Å². The molecule has 1 aromatic heterocycles. The average molecular weight is 484 g/mol. The maximum Gasteiger partial charge on any atom is 0.253 e.